The second kappa shape index (κ2) is 11.2. The predicted octanol–water partition coefficient (Wildman–Crippen LogP) is 2.37. The van der Waals surface area contributed by atoms with Crippen LogP contribution in [0.3, 0.4) is 0 Å². The molecule has 0 aromatic heterocycles. The third-order valence-corrected chi connectivity index (χ3v) is 4.98. The number of rotatable bonds is 9. The molecule has 2 N–H and O–H groups in total. The van der Waals surface area contributed by atoms with Crippen molar-refractivity contribution in [3.63, 3.8) is 0 Å². The van der Waals surface area contributed by atoms with E-state index in [1.165, 1.54) is 31.4 Å². The Bertz CT molecular complexity index is 582. The lowest BCUT2D eigenvalue weighted by Gasteiger charge is -2.09. The molecule has 1 aromatic carbocycles. The van der Waals surface area contributed by atoms with Gasteiger partial charge in [-0.3, -0.25) is 14.9 Å². The molecular formula is C16H24ClN3O4S. The van der Waals surface area contributed by atoms with E-state index in [2.05, 4.69) is 10.6 Å². The first kappa shape index (κ1) is 21.5. The smallest absolute Gasteiger partial charge is 0.311 e. The van der Waals surface area contributed by atoms with E-state index < -0.39 is 4.92 Å². The van der Waals surface area contributed by atoms with Crippen molar-refractivity contribution in [1.29, 1.82) is 0 Å². The molecule has 0 bridgehead atoms. The number of ether oxygens (including phenoxy) is 1. The zero-order chi connectivity index (χ0) is 17.4. The van der Waals surface area contributed by atoms with Gasteiger partial charge in [0.2, 0.25) is 5.91 Å². The van der Waals surface area contributed by atoms with E-state index in [1.54, 1.807) is 12.1 Å². The van der Waals surface area contributed by atoms with Crippen LogP contribution in [0.4, 0.5) is 5.69 Å². The third kappa shape index (κ3) is 7.09. The number of thioether (sulfide) groups is 1. The Morgan fingerprint density at radius 1 is 1.52 bits per heavy atom. The van der Waals surface area contributed by atoms with Crippen LogP contribution < -0.4 is 15.4 Å². The van der Waals surface area contributed by atoms with Crippen molar-refractivity contribution < 1.29 is 14.5 Å². The van der Waals surface area contributed by atoms with Crippen LogP contribution in [0.1, 0.15) is 18.4 Å². The number of nitro benzene ring substituents is 1. The average molecular weight is 390 g/mol. The van der Waals surface area contributed by atoms with Crippen molar-refractivity contribution in [2.45, 2.75) is 18.6 Å². The van der Waals surface area contributed by atoms with Crippen molar-refractivity contribution in [2.24, 2.45) is 5.92 Å². The van der Waals surface area contributed by atoms with E-state index in [1.807, 2.05) is 0 Å². The van der Waals surface area contributed by atoms with E-state index in [-0.39, 0.29) is 29.8 Å². The maximum atomic E-state index is 11.8. The Hall–Kier alpha value is -1.51. The Morgan fingerprint density at radius 3 is 2.96 bits per heavy atom. The highest BCUT2D eigenvalue weighted by atomic mass is 35.5. The summed E-state index contributed by atoms with van der Waals surface area (Å²) in [6, 6.07) is 4.87. The molecule has 1 aromatic rings. The molecule has 2 rings (SSSR count). The summed E-state index contributed by atoms with van der Waals surface area (Å²) in [7, 11) is 1.41. The van der Waals surface area contributed by atoms with Crippen LogP contribution in [0.15, 0.2) is 18.2 Å². The summed E-state index contributed by atoms with van der Waals surface area (Å²) in [6.45, 7) is 2.82. The van der Waals surface area contributed by atoms with Crippen molar-refractivity contribution in [3.8, 4) is 5.75 Å². The highest BCUT2D eigenvalue weighted by Crippen LogP contribution is 2.28. The van der Waals surface area contributed by atoms with Crippen LogP contribution in [-0.4, -0.2) is 43.3 Å². The third-order valence-electron chi connectivity index (χ3n) is 3.98. The van der Waals surface area contributed by atoms with Gasteiger partial charge in [-0.15, -0.1) is 24.2 Å². The monoisotopic (exact) mass is 389 g/mol. The van der Waals surface area contributed by atoms with Crippen molar-refractivity contribution in [2.75, 3.05) is 32.5 Å². The van der Waals surface area contributed by atoms with Gasteiger partial charge in [0.25, 0.3) is 0 Å². The van der Waals surface area contributed by atoms with Gasteiger partial charge < -0.3 is 15.4 Å². The number of hydrogen-bond acceptors (Lipinski definition) is 6. The van der Waals surface area contributed by atoms with Crippen LogP contribution in [0.2, 0.25) is 0 Å². The summed E-state index contributed by atoms with van der Waals surface area (Å²) in [6.07, 6.45) is 2.19. The van der Waals surface area contributed by atoms with E-state index in [0.717, 1.165) is 25.1 Å². The fourth-order valence-corrected chi connectivity index (χ4v) is 3.46. The van der Waals surface area contributed by atoms with Gasteiger partial charge in [-0.05, 0) is 43.5 Å². The zero-order valence-electron chi connectivity index (χ0n) is 14.2. The second-order valence-electron chi connectivity index (χ2n) is 5.75. The Kier molecular flexibility index (Phi) is 9.62. The molecule has 7 nitrogen and oxygen atoms in total. The number of hydrogen-bond donors (Lipinski definition) is 2. The number of halogens is 1. The average Bonchev–Trinajstić information content (AvgIpc) is 3.08. The van der Waals surface area contributed by atoms with E-state index in [4.69, 9.17) is 4.74 Å². The van der Waals surface area contributed by atoms with Gasteiger partial charge in [-0.25, -0.2) is 0 Å². The number of carbonyl (C=O) groups excluding carboxylic acids is 1. The fraction of sp³-hybridized carbons (Fsp3) is 0.562. The van der Waals surface area contributed by atoms with Crippen LogP contribution in [-0.2, 0) is 10.5 Å². The number of benzene rings is 1. The highest BCUT2D eigenvalue weighted by Gasteiger charge is 2.16. The molecule has 1 saturated heterocycles. The predicted molar refractivity (Wildman–Crippen MR) is 102 cm³/mol. The number of nitrogens with zero attached hydrogens (tertiary/aromatic N) is 1. The second-order valence-corrected chi connectivity index (χ2v) is 6.74. The summed E-state index contributed by atoms with van der Waals surface area (Å²) in [5.41, 5.74) is 0.752. The molecule has 0 spiro atoms. The number of carbonyl (C=O) groups is 1. The summed E-state index contributed by atoms with van der Waals surface area (Å²) < 4.78 is 4.97. The van der Waals surface area contributed by atoms with Gasteiger partial charge in [0.1, 0.15) is 0 Å². The molecule has 0 saturated carbocycles. The molecule has 1 aliphatic rings. The number of amides is 1. The SMILES string of the molecule is COc1ccc(CSCC(=O)NCCC2CCNC2)cc1[N+](=O)[O-].Cl. The van der Waals surface area contributed by atoms with E-state index in [0.29, 0.717) is 24.0 Å². The summed E-state index contributed by atoms with van der Waals surface area (Å²) in [4.78, 5) is 22.3. The van der Waals surface area contributed by atoms with Crippen LogP contribution in [0, 0.1) is 16.0 Å². The fourth-order valence-electron chi connectivity index (χ4n) is 2.66. The Balaban J connectivity index is 0.00000312. The lowest BCUT2D eigenvalue weighted by atomic mass is 10.1. The van der Waals surface area contributed by atoms with Crippen molar-refractivity contribution in [3.05, 3.63) is 33.9 Å². The van der Waals surface area contributed by atoms with Gasteiger partial charge >= 0.3 is 5.69 Å². The lowest BCUT2D eigenvalue weighted by Crippen LogP contribution is -2.27. The standard InChI is InChI=1S/C16H23N3O4S.ClH/c1-23-15-3-2-13(8-14(15)19(21)22)10-24-11-16(20)18-7-5-12-4-6-17-9-12;/h2-3,8,12,17H,4-7,9-11H2,1H3,(H,18,20);1H. The molecule has 0 aliphatic carbocycles. The van der Waals surface area contributed by atoms with Gasteiger partial charge in [-0.2, -0.15) is 0 Å². The minimum Gasteiger partial charge on any atom is -0.490 e. The van der Waals surface area contributed by atoms with Gasteiger partial charge in [0.05, 0.1) is 17.8 Å². The van der Waals surface area contributed by atoms with Crippen LogP contribution in [0.5, 0.6) is 5.75 Å². The molecule has 1 amide bonds. The molecular weight excluding hydrogens is 366 g/mol. The summed E-state index contributed by atoms with van der Waals surface area (Å²) in [5, 5.41) is 17.2. The number of nitro groups is 1. The molecule has 0 radical (unpaired) electrons. The van der Waals surface area contributed by atoms with Crippen molar-refractivity contribution >= 4 is 35.8 Å². The summed E-state index contributed by atoms with van der Waals surface area (Å²) in [5.74, 6) is 1.81. The Labute approximate surface area is 157 Å². The molecule has 1 unspecified atom stereocenters. The lowest BCUT2D eigenvalue weighted by molar-refractivity contribution is -0.385. The zero-order valence-corrected chi connectivity index (χ0v) is 15.8. The molecule has 1 heterocycles. The molecule has 25 heavy (non-hydrogen) atoms. The van der Waals surface area contributed by atoms with Gasteiger partial charge in [0.15, 0.2) is 5.75 Å². The molecule has 1 fully saturated rings. The minimum absolute atomic E-state index is 0. The minimum atomic E-state index is -0.461. The van der Waals surface area contributed by atoms with Gasteiger partial charge in [-0.1, -0.05) is 6.07 Å². The first-order valence-electron chi connectivity index (χ1n) is 7.96. The topological polar surface area (TPSA) is 93.5 Å². The summed E-state index contributed by atoms with van der Waals surface area (Å²) >= 11 is 1.44. The maximum absolute atomic E-state index is 11.8. The first-order valence-corrected chi connectivity index (χ1v) is 9.12. The maximum Gasteiger partial charge on any atom is 0.311 e. The van der Waals surface area contributed by atoms with E-state index >= 15 is 0 Å². The quantitative estimate of drug-likeness (QED) is 0.497. The number of methoxy groups -OCH3 is 1. The molecule has 1 atom stereocenters. The first-order chi connectivity index (χ1) is 11.6. The van der Waals surface area contributed by atoms with E-state index in [9.17, 15) is 14.9 Å². The van der Waals surface area contributed by atoms with Crippen LogP contribution in [0.25, 0.3) is 0 Å². The highest BCUT2D eigenvalue weighted by molar-refractivity contribution is 7.99. The number of nitrogens with one attached hydrogen (secondary N) is 2. The van der Waals surface area contributed by atoms with Crippen LogP contribution >= 0.6 is 24.2 Å². The normalized spacial score (nSPS) is 16.1. The molecule has 1 aliphatic heterocycles. The molecule has 9 heteroatoms. The Morgan fingerprint density at radius 2 is 2.32 bits per heavy atom. The molecule has 140 valence electrons. The van der Waals surface area contributed by atoms with Crippen molar-refractivity contribution in [1.82, 2.24) is 10.6 Å². The van der Waals surface area contributed by atoms with Gasteiger partial charge in [0, 0.05) is 18.4 Å². The largest absolute Gasteiger partial charge is 0.490 e.